The number of benzene rings is 1. The van der Waals surface area contributed by atoms with Crippen LogP contribution in [0.2, 0.25) is 0 Å². The molecule has 0 radical (unpaired) electrons. The minimum atomic E-state index is -0.0776. The molecule has 0 spiro atoms. The van der Waals surface area contributed by atoms with Crippen LogP contribution in [0, 0.1) is 5.92 Å². The number of amides is 2. The molecule has 1 saturated carbocycles. The third-order valence-corrected chi connectivity index (χ3v) is 4.63. The van der Waals surface area contributed by atoms with E-state index in [9.17, 15) is 9.59 Å². The molecule has 1 aromatic carbocycles. The van der Waals surface area contributed by atoms with Gasteiger partial charge < -0.3 is 10.6 Å². The number of aromatic nitrogens is 3. The Hall–Kier alpha value is -3.22. The molecule has 0 aliphatic heterocycles. The zero-order chi connectivity index (χ0) is 19.7. The second kappa shape index (κ2) is 7.42. The van der Waals surface area contributed by atoms with Crippen molar-refractivity contribution < 1.29 is 9.59 Å². The maximum Gasteiger partial charge on any atom is 0.251 e. The second-order valence-electron chi connectivity index (χ2n) is 7.58. The Balaban J connectivity index is 1.58. The zero-order valence-electron chi connectivity index (χ0n) is 16.0. The van der Waals surface area contributed by atoms with Gasteiger partial charge in [0.05, 0.1) is 11.9 Å². The van der Waals surface area contributed by atoms with E-state index < -0.39 is 0 Å². The van der Waals surface area contributed by atoms with Crippen molar-refractivity contribution in [2.45, 2.75) is 39.2 Å². The molecule has 1 fully saturated rings. The number of hydrogen-bond donors (Lipinski definition) is 2. The van der Waals surface area contributed by atoms with E-state index in [1.54, 1.807) is 12.4 Å². The van der Waals surface area contributed by atoms with Crippen LogP contribution in [0.1, 0.15) is 43.5 Å². The fraction of sp³-hybridized carbons (Fsp3) is 0.333. The van der Waals surface area contributed by atoms with E-state index >= 15 is 0 Å². The van der Waals surface area contributed by atoms with Gasteiger partial charge in [-0.05, 0) is 30.9 Å². The summed E-state index contributed by atoms with van der Waals surface area (Å²) < 4.78 is 1.89. The van der Waals surface area contributed by atoms with Crippen LogP contribution in [0.15, 0.2) is 42.9 Å². The highest BCUT2D eigenvalue weighted by Crippen LogP contribution is 2.24. The standard InChI is InChI=1S/C21H23N5O2/c1-13(2)11-18(27)25-19-20-23-12-17(26(20)10-9-22-19)14-3-5-15(6-4-14)21(28)24-16-7-8-16/h3-6,9-10,12-13,16H,7-8,11H2,1-2H3,(H,24,28)(H,22,25,27). The SMILES string of the molecule is CC(C)CC(=O)Nc1nccn2c(-c3ccc(C(=O)NC4CC4)cc3)cnc12. The van der Waals surface area contributed by atoms with Gasteiger partial charge in [0.25, 0.3) is 5.91 Å². The van der Waals surface area contributed by atoms with E-state index in [1.165, 1.54) is 0 Å². The molecule has 2 N–H and O–H groups in total. The lowest BCUT2D eigenvalue weighted by atomic mass is 10.1. The number of imidazole rings is 1. The van der Waals surface area contributed by atoms with Gasteiger partial charge in [-0.25, -0.2) is 9.97 Å². The third-order valence-electron chi connectivity index (χ3n) is 4.63. The number of fused-ring (bicyclic) bond motifs is 1. The van der Waals surface area contributed by atoms with Gasteiger partial charge in [-0.2, -0.15) is 0 Å². The molecule has 1 aliphatic rings. The van der Waals surface area contributed by atoms with Gasteiger partial charge in [-0.1, -0.05) is 26.0 Å². The van der Waals surface area contributed by atoms with Crippen LogP contribution in [0.5, 0.6) is 0 Å². The monoisotopic (exact) mass is 377 g/mol. The highest BCUT2D eigenvalue weighted by molar-refractivity contribution is 5.95. The Bertz CT molecular complexity index is 1020. The fourth-order valence-electron chi connectivity index (χ4n) is 3.06. The number of nitrogens with one attached hydrogen (secondary N) is 2. The number of nitrogens with zero attached hydrogens (tertiary/aromatic N) is 3. The highest BCUT2D eigenvalue weighted by Gasteiger charge is 2.23. The summed E-state index contributed by atoms with van der Waals surface area (Å²) in [4.78, 5) is 33.0. The van der Waals surface area contributed by atoms with Crippen LogP contribution >= 0.6 is 0 Å². The molecule has 144 valence electrons. The molecule has 0 bridgehead atoms. The normalized spacial score (nSPS) is 13.7. The summed E-state index contributed by atoms with van der Waals surface area (Å²) in [6.07, 6.45) is 7.75. The lowest BCUT2D eigenvalue weighted by Gasteiger charge is -2.08. The van der Waals surface area contributed by atoms with E-state index in [-0.39, 0.29) is 17.7 Å². The number of rotatable bonds is 6. The summed E-state index contributed by atoms with van der Waals surface area (Å²) in [5, 5.41) is 5.83. The quantitative estimate of drug-likeness (QED) is 0.690. The van der Waals surface area contributed by atoms with E-state index in [0.29, 0.717) is 29.5 Å². The summed E-state index contributed by atoms with van der Waals surface area (Å²) >= 11 is 0. The first-order valence-corrected chi connectivity index (χ1v) is 9.54. The molecule has 0 unspecified atom stereocenters. The Morgan fingerprint density at radius 1 is 1.18 bits per heavy atom. The third kappa shape index (κ3) is 3.88. The summed E-state index contributed by atoms with van der Waals surface area (Å²) in [5.41, 5.74) is 3.03. The molecule has 2 aromatic heterocycles. The summed E-state index contributed by atoms with van der Waals surface area (Å²) in [5.74, 6) is 0.600. The number of anilines is 1. The fourth-order valence-corrected chi connectivity index (χ4v) is 3.06. The maximum absolute atomic E-state index is 12.2. The molecule has 0 atom stereocenters. The average molecular weight is 377 g/mol. The predicted molar refractivity (Wildman–Crippen MR) is 107 cm³/mol. The van der Waals surface area contributed by atoms with Gasteiger partial charge in [0.2, 0.25) is 5.91 Å². The minimum absolute atomic E-state index is 0.0356. The van der Waals surface area contributed by atoms with E-state index in [1.807, 2.05) is 48.7 Å². The van der Waals surface area contributed by atoms with Gasteiger partial charge in [0.15, 0.2) is 11.5 Å². The highest BCUT2D eigenvalue weighted by atomic mass is 16.2. The van der Waals surface area contributed by atoms with Gasteiger partial charge >= 0.3 is 0 Å². The Kier molecular flexibility index (Phi) is 4.81. The van der Waals surface area contributed by atoms with Gasteiger partial charge in [0.1, 0.15) is 0 Å². The van der Waals surface area contributed by atoms with Crippen molar-refractivity contribution in [3.63, 3.8) is 0 Å². The molecule has 2 heterocycles. The number of carbonyl (C=O) groups excluding carboxylic acids is 2. The zero-order valence-corrected chi connectivity index (χ0v) is 16.0. The molecule has 1 aliphatic carbocycles. The van der Waals surface area contributed by atoms with Crippen molar-refractivity contribution in [3.05, 3.63) is 48.4 Å². The maximum atomic E-state index is 12.2. The van der Waals surface area contributed by atoms with E-state index in [0.717, 1.165) is 24.1 Å². The van der Waals surface area contributed by atoms with Gasteiger partial charge in [-0.3, -0.25) is 14.0 Å². The van der Waals surface area contributed by atoms with Crippen molar-refractivity contribution in [2.75, 3.05) is 5.32 Å². The first-order chi connectivity index (χ1) is 13.5. The van der Waals surface area contributed by atoms with Crippen LogP contribution < -0.4 is 10.6 Å². The Morgan fingerprint density at radius 2 is 1.93 bits per heavy atom. The van der Waals surface area contributed by atoms with Crippen molar-refractivity contribution >= 4 is 23.3 Å². The van der Waals surface area contributed by atoms with E-state index in [2.05, 4.69) is 20.6 Å². The number of carbonyl (C=O) groups is 2. The molecule has 7 nitrogen and oxygen atoms in total. The first-order valence-electron chi connectivity index (χ1n) is 9.54. The molecule has 7 heteroatoms. The summed E-state index contributed by atoms with van der Waals surface area (Å²) in [6.45, 7) is 3.99. The van der Waals surface area contributed by atoms with Crippen molar-refractivity contribution in [1.29, 1.82) is 0 Å². The Labute approximate surface area is 163 Å². The molecular formula is C21H23N5O2. The summed E-state index contributed by atoms with van der Waals surface area (Å²) in [6, 6.07) is 7.78. The molecule has 0 saturated heterocycles. The average Bonchev–Trinajstić information content (AvgIpc) is 3.36. The van der Waals surface area contributed by atoms with Crippen LogP contribution in [0.4, 0.5) is 5.82 Å². The van der Waals surface area contributed by atoms with Crippen LogP contribution in [0.25, 0.3) is 16.9 Å². The lowest BCUT2D eigenvalue weighted by molar-refractivity contribution is -0.116. The summed E-state index contributed by atoms with van der Waals surface area (Å²) in [7, 11) is 0. The van der Waals surface area contributed by atoms with Crippen LogP contribution in [-0.4, -0.2) is 32.2 Å². The predicted octanol–water partition coefficient (Wildman–Crippen LogP) is 3.27. The Morgan fingerprint density at radius 3 is 2.61 bits per heavy atom. The van der Waals surface area contributed by atoms with Crippen molar-refractivity contribution in [2.24, 2.45) is 5.92 Å². The molecule has 28 heavy (non-hydrogen) atoms. The minimum Gasteiger partial charge on any atom is -0.349 e. The molecule has 3 aromatic rings. The number of hydrogen-bond acceptors (Lipinski definition) is 4. The van der Waals surface area contributed by atoms with Gasteiger partial charge in [0, 0.05) is 36.0 Å². The smallest absolute Gasteiger partial charge is 0.251 e. The van der Waals surface area contributed by atoms with Crippen molar-refractivity contribution in [3.8, 4) is 11.3 Å². The topological polar surface area (TPSA) is 88.4 Å². The first kappa shape index (κ1) is 18.2. The van der Waals surface area contributed by atoms with Crippen LogP contribution in [-0.2, 0) is 4.79 Å². The molecule has 2 amide bonds. The van der Waals surface area contributed by atoms with Gasteiger partial charge in [-0.15, -0.1) is 0 Å². The second-order valence-corrected chi connectivity index (χ2v) is 7.58. The molecular weight excluding hydrogens is 354 g/mol. The largest absolute Gasteiger partial charge is 0.349 e. The van der Waals surface area contributed by atoms with Crippen LogP contribution in [0.3, 0.4) is 0 Å². The van der Waals surface area contributed by atoms with E-state index in [4.69, 9.17) is 0 Å². The van der Waals surface area contributed by atoms with Crippen molar-refractivity contribution in [1.82, 2.24) is 19.7 Å². The molecule has 4 rings (SSSR count). The lowest BCUT2D eigenvalue weighted by Crippen LogP contribution is -2.25.